The summed E-state index contributed by atoms with van der Waals surface area (Å²) in [7, 11) is 0. The van der Waals surface area contributed by atoms with Crippen LogP contribution in [0.5, 0.6) is 5.75 Å². The number of aromatic hydroxyl groups is 1. The molecule has 4 rings (SSSR count). The van der Waals surface area contributed by atoms with E-state index in [-0.39, 0.29) is 24.7 Å². The molecule has 1 atom stereocenters. The van der Waals surface area contributed by atoms with Crippen LogP contribution in [-0.2, 0) is 20.7 Å². The Kier molecular flexibility index (Phi) is 8.19. The first-order valence-electron chi connectivity index (χ1n) is 11.3. The highest BCUT2D eigenvalue weighted by Crippen LogP contribution is 2.20. The smallest absolute Gasteiger partial charge is 0.319 e. The molecule has 0 bridgehead atoms. The third-order valence-corrected chi connectivity index (χ3v) is 6.06. The molecular weight excluding hydrogens is 528 g/mol. The number of benzene rings is 3. The van der Waals surface area contributed by atoms with Gasteiger partial charge < -0.3 is 30.7 Å². The number of amides is 4. The summed E-state index contributed by atoms with van der Waals surface area (Å²) in [5, 5.41) is 17.8. The van der Waals surface area contributed by atoms with Crippen LogP contribution in [0.2, 0.25) is 0 Å². The Morgan fingerprint density at radius 3 is 2.25 bits per heavy atom. The van der Waals surface area contributed by atoms with Gasteiger partial charge in [-0.15, -0.1) is 0 Å². The quantitative estimate of drug-likeness (QED) is 0.354. The van der Waals surface area contributed by atoms with E-state index in [0.29, 0.717) is 30.2 Å². The average molecular weight is 553 g/mol. The lowest BCUT2D eigenvalue weighted by Crippen LogP contribution is -2.47. The molecular formula is C26H25BrN4O5. The molecule has 3 aromatic carbocycles. The first kappa shape index (κ1) is 25.2. The minimum atomic E-state index is -0.898. The van der Waals surface area contributed by atoms with E-state index in [1.54, 1.807) is 65.6 Å². The number of phenolic OH excluding ortho intramolecular Hbond substituents is 1. The monoisotopic (exact) mass is 552 g/mol. The van der Waals surface area contributed by atoms with Gasteiger partial charge in [-0.2, -0.15) is 0 Å². The largest absolute Gasteiger partial charge is 0.508 e. The molecule has 1 heterocycles. The zero-order valence-electron chi connectivity index (χ0n) is 19.2. The molecule has 0 aliphatic carbocycles. The molecule has 1 aliphatic rings. The maximum atomic E-state index is 13.2. The summed E-state index contributed by atoms with van der Waals surface area (Å²) in [4.78, 5) is 39.5. The topological polar surface area (TPSA) is 120 Å². The van der Waals surface area contributed by atoms with E-state index in [1.807, 2.05) is 0 Å². The molecule has 4 N–H and O–H groups in total. The molecule has 10 heteroatoms. The van der Waals surface area contributed by atoms with E-state index in [4.69, 9.17) is 4.74 Å². The molecule has 186 valence electrons. The number of urea groups is 1. The lowest BCUT2D eigenvalue weighted by molar-refractivity contribution is -0.125. The number of ether oxygens (including phenoxy) is 1. The summed E-state index contributed by atoms with van der Waals surface area (Å²) >= 11 is 3.35. The van der Waals surface area contributed by atoms with Crippen LogP contribution in [0.1, 0.15) is 5.56 Å². The summed E-state index contributed by atoms with van der Waals surface area (Å²) in [6.45, 7) is 0.985. The predicted molar refractivity (Wildman–Crippen MR) is 140 cm³/mol. The van der Waals surface area contributed by atoms with Crippen molar-refractivity contribution >= 4 is 50.8 Å². The summed E-state index contributed by atoms with van der Waals surface area (Å²) in [6.07, 6.45) is 0.209. The number of hydrogen-bond acceptors (Lipinski definition) is 5. The van der Waals surface area contributed by atoms with E-state index in [9.17, 15) is 19.5 Å². The van der Waals surface area contributed by atoms with Gasteiger partial charge in [-0.05, 0) is 66.2 Å². The Hall–Kier alpha value is -3.89. The van der Waals surface area contributed by atoms with Gasteiger partial charge in [0, 0.05) is 34.5 Å². The number of hydrogen-bond donors (Lipinski definition) is 4. The number of halogens is 1. The summed E-state index contributed by atoms with van der Waals surface area (Å²) < 4.78 is 6.04. The van der Waals surface area contributed by atoms with Crippen LogP contribution in [0.4, 0.5) is 21.9 Å². The summed E-state index contributed by atoms with van der Waals surface area (Å²) in [5.74, 6) is -0.420. The SMILES string of the molecule is O=C(Nc1ccc(Br)cc1)N[C@H](Cc1ccc(O)cc1)C(=O)Nc1ccc(N2CCOCC2=O)cc1. The van der Waals surface area contributed by atoms with Crippen LogP contribution in [0.25, 0.3) is 0 Å². The Balaban J connectivity index is 1.45. The van der Waals surface area contributed by atoms with Gasteiger partial charge in [-0.1, -0.05) is 28.1 Å². The van der Waals surface area contributed by atoms with E-state index in [2.05, 4.69) is 31.9 Å². The van der Waals surface area contributed by atoms with Crippen LogP contribution < -0.4 is 20.9 Å². The zero-order chi connectivity index (χ0) is 25.5. The minimum absolute atomic E-state index is 0.0470. The van der Waals surface area contributed by atoms with Gasteiger partial charge >= 0.3 is 6.03 Å². The van der Waals surface area contributed by atoms with Gasteiger partial charge in [0.05, 0.1) is 6.61 Å². The maximum absolute atomic E-state index is 13.2. The summed E-state index contributed by atoms with van der Waals surface area (Å²) in [5.41, 5.74) is 2.58. The second-order valence-electron chi connectivity index (χ2n) is 8.16. The molecule has 3 aromatic rings. The minimum Gasteiger partial charge on any atom is -0.508 e. The fourth-order valence-electron chi connectivity index (χ4n) is 3.68. The van der Waals surface area contributed by atoms with Crippen molar-refractivity contribution in [2.75, 3.05) is 35.3 Å². The fourth-order valence-corrected chi connectivity index (χ4v) is 3.95. The number of morpholine rings is 1. The molecule has 0 spiro atoms. The number of nitrogens with one attached hydrogen (secondary N) is 3. The Morgan fingerprint density at radius 1 is 0.944 bits per heavy atom. The second kappa shape index (κ2) is 11.7. The van der Waals surface area contributed by atoms with E-state index in [0.717, 1.165) is 10.0 Å². The number of carbonyl (C=O) groups excluding carboxylic acids is 3. The Bertz CT molecular complexity index is 1220. The van der Waals surface area contributed by atoms with Crippen LogP contribution >= 0.6 is 15.9 Å². The highest BCUT2D eigenvalue weighted by Gasteiger charge is 2.23. The highest BCUT2D eigenvalue weighted by atomic mass is 79.9. The van der Waals surface area contributed by atoms with Crippen molar-refractivity contribution in [1.82, 2.24) is 5.32 Å². The maximum Gasteiger partial charge on any atom is 0.319 e. The molecule has 1 fully saturated rings. The molecule has 9 nitrogen and oxygen atoms in total. The van der Waals surface area contributed by atoms with Crippen molar-refractivity contribution in [3.8, 4) is 5.75 Å². The Morgan fingerprint density at radius 2 is 1.58 bits per heavy atom. The predicted octanol–water partition coefficient (Wildman–Crippen LogP) is 3.89. The first-order valence-corrected chi connectivity index (χ1v) is 12.1. The molecule has 0 aromatic heterocycles. The number of phenols is 1. The number of nitrogens with zero attached hydrogens (tertiary/aromatic N) is 1. The molecule has 1 saturated heterocycles. The van der Waals surface area contributed by atoms with E-state index < -0.39 is 18.0 Å². The van der Waals surface area contributed by atoms with E-state index in [1.165, 1.54) is 12.1 Å². The van der Waals surface area contributed by atoms with Crippen molar-refractivity contribution in [1.29, 1.82) is 0 Å². The molecule has 0 radical (unpaired) electrons. The van der Waals surface area contributed by atoms with Gasteiger partial charge in [-0.25, -0.2) is 4.79 Å². The highest BCUT2D eigenvalue weighted by molar-refractivity contribution is 9.10. The third-order valence-electron chi connectivity index (χ3n) is 5.53. The van der Waals surface area contributed by atoms with Crippen LogP contribution in [0.3, 0.4) is 0 Å². The molecule has 1 aliphatic heterocycles. The number of rotatable bonds is 7. The van der Waals surface area contributed by atoms with Gasteiger partial charge in [0.1, 0.15) is 18.4 Å². The van der Waals surface area contributed by atoms with Gasteiger partial charge in [0.25, 0.3) is 5.91 Å². The van der Waals surface area contributed by atoms with Crippen molar-refractivity contribution in [3.05, 3.63) is 82.8 Å². The van der Waals surface area contributed by atoms with Gasteiger partial charge in [-0.3, -0.25) is 9.59 Å². The first-order chi connectivity index (χ1) is 17.4. The van der Waals surface area contributed by atoms with Crippen LogP contribution in [0.15, 0.2) is 77.3 Å². The van der Waals surface area contributed by atoms with Crippen molar-refractivity contribution < 1.29 is 24.2 Å². The van der Waals surface area contributed by atoms with Gasteiger partial charge in [0.2, 0.25) is 5.91 Å². The third kappa shape index (κ3) is 6.83. The Labute approximate surface area is 216 Å². The molecule has 0 unspecified atom stereocenters. The van der Waals surface area contributed by atoms with Crippen molar-refractivity contribution in [2.24, 2.45) is 0 Å². The van der Waals surface area contributed by atoms with Crippen LogP contribution in [0, 0.1) is 0 Å². The van der Waals surface area contributed by atoms with Crippen molar-refractivity contribution in [3.63, 3.8) is 0 Å². The lowest BCUT2D eigenvalue weighted by atomic mass is 10.0. The number of carbonyl (C=O) groups is 3. The lowest BCUT2D eigenvalue weighted by Gasteiger charge is -2.27. The second-order valence-corrected chi connectivity index (χ2v) is 9.08. The summed E-state index contributed by atoms with van der Waals surface area (Å²) in [6, 6.07) is 19.0. The average Bonchev–Trinajstić information content (AvgIpc) is 2.87. The fraction of sp³-hybridized carbons (Fsp3) is 0.192. The normalized spacial score (nSPS) is 14.1. The standard InChI is InChI=1S/C26H25BrN4O5/c27-18-3-5-20(6-4-18)29-26(35)30-23(15-17-1-11-22(32)12-2-17)25(34)28-19-7-9-21(10-8-19)31-13-14-36-16-24(31)33/h1-12,23,32H,13-16H2,(H,28,34)(H2,29,30,35)/t23-/m1/s1. The zero-order valence-corrected chi connectivity index (χ0v) is 20.8. The molecule has 4 amide bonds. The molecule has 36 heavy (non-hydrogen) atoms. The van der Waals surface area contributed by atoms with Crippen molar-refractivity contribution in [2.45, 2.75) is 12.5 Å². The van der Waals surface area contributed by atoms with Crippen LogP contribution in [-0.4, -0.2) is 48.8 Å². The molecule has 0 saturated carbocycles. The van der Waals surface area contributed by atoms with E-state index >= 15 is 0 Å². The van der Waals surface area contributed by atoms with Gasteiger partial charge in [0.15, 0.2) is 0 Å². The number of anilines is 3.